The number of hydrogen-bond acceptors (Lipinski definition) is 1. The molecule has 0 bridgehead atoms. The summed E-state index contributed by atoms with van der Waals surface area (Å²) >= 11 is 0. The van der Waals surface area contributed by atoms with E-state index in [0.29, 0.717) is 0 Å². The molecular weight excluding hydrogens is 258 g/mol. The van der Waals surface area contributed by atoms with Crippen LogP contribution in [0.3, 0.4) is 0 Å². The number of hydrogen-bond donors (Lipinski definition) is 0. The Labute approximate surface area is 124 Å². The van der Waals surface area contributed by atoms with Gasteiger partial charge in [0, 0.05) is 11.3 Å². The molecule has 0 saturated heterocycles. The molecule has 0 amide bonds. The van der Waals surface area contributed by atoms with Gasteiger partial charge >= 0.3 is 0 Å². The molecule has 0 atom stereocenters. The van der Waals surface area contributed by atoms with Crippen molar-refractivity contribution in [3.05, 3.63) is 47.7 Å². The molecule has 0 N–H and O–H groups in total. The molecular formula is C18H25NSi. The summed E-state index contributed by atoms with van der Waals surface area (Å²) in [6.07, 6.45) is 2.35. The first-order valence-electron chi connectivity index (χ1n) is 7.50. The third-order valence-corrected chi connectivity index (χ3v) is 5.80. The number of aromatic nitrogens is 1. The fourth-order valence-electron chi connectivity index (χ4n) is 2.99. The first-order valence-corrected chi connectivity index (χ1v) is 11.0. The quantitative estimate of drug-likeness (QED) is 0.750. The van der Waals surface area contributed by atoms with Gasteiger partial charge in [0.25, 0.3) is 0 Å². The number of rotatable bonds is 4. The average Bonchev–Trinajstić information content (AvgIpc) is 2.38. The number of benzene rings is 1. The van der Waals surface area contributed by atoms with Crippen molar-refractivity contribution >= 4 is 13.3 Å². The highest BCUT2D eigenvalue weighted by Gasteiger charge is 2.23. The summed E-state index contributed by atoms with van der Waals surface area (Å²) in [5.74, 6) is 0. The van der Waals surface area contributed by atoms with E-state index in [4.69, 9.17) is 4.98 Å². The lowest BCUT2D eigenvalue weighted by atomic mass is 10.1. The minimum atomic E-state index is -1.35. The number of pyridine rings is 1. The Bertz CT molecular complexity index is 582. The van der Waals surface area contributed by atoms with E-state index in [-0.39, 0.29) is 0 Å². The second-order valence-electron chi connectivity index (χ2n) is 6.49. The van der Waals surface area contributed by atoms with Crippen molar-refractivity contribution in [2.45, 2.75) is 46.3 Å². The van der Waals surface area contributed by atoms with Gasteiger partial charge in [0.1, 0.15) is 0 Å². The van der Waals surface area contributed by atoms with Gasteiger partial charge in [0.2, 0.25) is 0 Å². The third kappa shape index (κ3) is 3.18. The molecule has 106 valence electrons. The molecule has 1 nitrogen and oxygen atoms in total. The Balaban J connectivity index is 2.59. The Kier molecular flexibility index (Phi) is 4.44. The van der Waals surface area contributed by atoms with Gasteiger partial charge in [-0.2, -0.15) is 0 Å². The van der Waals surface area contributed by atoms with Crippen LogP contribution in [0, 0.1) is 6.92 Å². The maximum Gasteiger partial charge on any atom is 0.0803 e. The summed E-state index contributed by atoms with van der Waals surface area (Å²) < 4.78 is 0. The van der Waals surface area contributed by atoms with Crippen molar-refractivity contribution in [1.82, 2.24) is 4.98 Å². The number of nitrogens with zero attached hydrogens (tertiary/aromatic N) is 1. The zero-order valence-electron chi connectivity index (χ0n) is 13.3. The summed E-state index contributed by atoms with van der Waals surface area (Å²) in [7, 11) is -1.35. The van der Waals surface area contributed by atoms with Crippen LogP contribution in [-0.4, -0.2) is 13.1 Å². The minimum Gasteiger partial charge on any atom is -0.253 e. The van der Waals surface area contributed by atoms with Crippen molar-refractivity contribution in [2.24, 2.45) is 0 Å². The van der Waals surface area contributed by atoms with E-state index in [9.17, 15) is 0 Å². The van der Waals surface area contributed by atoms with E-state index in [1.165, 1.54) is 23.2 Å². The van der Waals surface area contributed by atoms with Gasteiger partial charge in [0.15, 0.2) is 0 Å². The van der Waals surface area contributed by atoms with Crippen molar-refractivity contribution in [2.75, 3.05) is 0 Å². The third-order valence-electron chi connectivity index (χ3n) is 3.62. The zero-order chi connectivity index (χ0) is 14.8. The van der Waals surface area contributed by atoms with E-state index in [2.05, 4.69) is 69.9 Å². The maximum atomic E-state index is 4.89. The second kappa shape index (κ2) is 5.92. The van der Waals surface area contributed by atoms with Crippen LogP contribution < -0.4 is 5.19 Å². The zero-order valence-corrected chi connectivity index (χ0v) is 14.3. The van der Waals surface area contributed by atoms with E-state index in [0.717, 1.165) is 12.1 Å². The van der Waals surface area contributed by atoms with Crippen molar-refractivity contribution < 1.29 is 0 Å². The topological polar surface area (TPSA) is 12.9 Å². The Hall–Kier alpha value is -1.41. The van der Waals surface area contributed by atoms with Crippen LogP contribution in [0.2, 0.25) is 19.6 Å². The van der Waals surface area contributed by atoms with E-state index < -0.39 is 8.07 Å². The van der Waals surface area contributed by atoms with Crippen LogP contribution in [-0.2, 0) is 6.42 Å². The van der Waals surface area contributed by atoms with Gasteiger partial charge in [-0.25, -0.2) is 0 Å². The van der Waals surface area contributed by atoms with Gasteiger partial charge in [-0.1, -0.05) is 63.3 Å². The fourth-order valence-corrected chi connectivity index (χ4v) is 5.29. The van der Waals surface area contributed by atoms with Crippen LogP contribution >= 0.6 is 0 Å². The summed E-state index contributed by atoms with van der Waals surface area (Å²) in [6.45, 7) is 11.7. The normalized spacial score (nSPS) is 11.7. The molecule has 0 spiro atoms. The van der Waals surface area contributed by atoms with Gasteiger partial charge < -0.3 is 0 Å². The largest absolute Gasteiger partial charge is 0.253 e. The average molecular weight is 283 g/mol. The predicted octanol–water partition coefficient (Wildman–Crippen LogP) is 4.55. The van der Waals surface area contributed by atoms with Gasteiger partial charge in [0.05, 0.1) is 13.8 Å². The smallest absolute Gasteiger partial charge is 0.0803 e. The maximum absolute atomic E-state index is 4.89. The monoisotopic (exact) mass is 283 g/mol. The van der Waals surface area contributed by atoms with E-state index in [1.54, 1.807) is 5.19 Å². The van der Waals surface area contributed by atoms with Crippen LogP contribution in [0.5, 0.6) is 0 Å². The molecule has 0 aliphatic heterocycles. The first kappa shape index (κ1) is 15.0. The van der Waals surface area contributed by atoms with E-state index >= 15 is 0 Å². The molecule has 2 rings (SSSR count). The molecule has 2 heteroatoms. The fraction of sp³-hybridized carbons (Fsp3) is 0.389. The highest BCUT2D eigenvalue weighted by Crippen LogP contribution is 2.21. The molecule has 0 radical (unpaired) electrons. The Morgan fingerprint density at radius 3 is 2.25 bits per heavy atom. The molecule has 0 fully saturated rings. The van der Waals surface area contributed by atoms with Crippen LogP contribution in [0.4, 0.5) is 0 Å². The number of aryl methyl sites for hydroxylation is 2. The second-order valence-corrected chi connectivity index (χ2v) is 11.5. The Morgan fingerprint density at radius 1 is 1.05 bits per heavy atom. The van der Waals surface area contributed by atoms with E-state index in [1.807, 2.05) is 0 Å². The molecule has 1 aromatic carbocycles. The van der Waals surface area contributed by atoms with Crippen LogP contribution in [0.1, 0.15) is 24.6 Å². The van der Waals surface area contributed by atoms with Crippen molar-refractivity contribution in [1.29, 1.82) is 0 Å². The lowest BCUT2D eigenvalue weighted by Crippen LogP contribution is -2.42. The molecule has 1 aromatic heterocycles. The summed E-state index contributed by atoms with van der Waals surface area (Å²) in [6, 6.07) is 12.8. The first-order chi connectivity index (χ1) is 9.43. The van der Waals surface area contributed by atoms with Crippen molar-refractivity contribution in [3.8, 4) is 11.3 Å². The molecule has 0 unspecified atom stereocenters. The molecule has 2 aromatic rings. The molecule has 0 saturated carbocycles. The van der Waals surface area contributed by atoms with Crippen LogP contribution in [0.25, 0.3) is 11.3 Å². The molecule has 1 heterocycles. The summed E-state index contributed by atoms with van der Waals surface area (Å²) in [5.41, 5.74) is 5.08. The molecule has 20 heavy (non-hydrogen) atoms. The minimum absolute atomic E-state index is 1.12. The van der Waals surface area contributed by atoms with Crippen molar-refractivity contribution in [3.63, 3.8) is 0 Å². The lowest BCUT2D eigenvalue weighted by Gasteiger charge is -2.24. The van der Waals surface area contributed by atoms with Gasteiger partial charge in [-0.05, 0) is 30.2 Å². The lowest BCUT2D eigenvalue weighted by molar-refractivity contribution is 0.921. The standard InChI is InChI=1S/C18H25NSi/c1-6-10-16-13-17(15-11-8-7-9-12-15)19-14(2)18(16)20(3,4)5/h7-9,11-13H,6,10H2,1-5H3. The van der Waals surface area contributed by atoms with Crippen LogP contribution in [0.15, 0.2) is 36.4 Å². The van der Waals surface area contributed by atoms with Gasteiger partial charge in [-0.3, -0.25) is 4.98 Å². The highest BCUT2D eigenvalue weighted by atomic mass is 28.3. The molecule has 0 aliphatic carbocycles. The SMILES string of the molecule is CCCc1cc(-c2ccccc2)nc(C)c1[Si](C)(C)C. The highest BCUT2D eigenvalue weighted by molar-refractivity contribution is 6.89. The summed E-state index contributed by atoms with van der Waals surface area (Å²) in [4.78, 5) is 4.89. The summed E-state index contributed by atoms with van der Waals surface area (Å²) in [5, 5.41) is 1.55. The predicted molar refractivity (Wildman–Crippen MR) is 91.4 cm³/mol. The Morgan fingerprint density at radius 2 is 1.70 bits per heavy atom. The van der Waals surface area contributed by atoms with Gasteiger partial charge in [-0.15, -0.1) is 0 Å². The molecule has 0 aliphatic rings.